The van der Waals surface area contributed by atoms with Crippen LogP contribution in [-0.2, 0) is 24.2 Å². The van der Waals surface area contributed by atoms with Crippen molar-refractivity contribution < 1.29 is 32.2 Å². The Morgan fingerprint density at radius 1 is 1.16 bits per heavy atom. The largest absolute Gasteiger partial charge is 0.481 e. The standard InChI is InChI=1S/C27H30Cl2FNO6S/c1-27(2,3)38(35,36)14-20(15-7-8-15)31-24(16-9-11-17(28)12-10-16)25(18-5-4-6-19(29)23(18)30)37-21(26(31)34)13-22(32)33/h4-6,9-12,15,20-21,24-25H,7-8,13-14H2,1-3H3,(H,32,33). The molecule has 2 aliphatic rings. The van der Waals surface area contributed by atoms with E-state index in [4.69, 9.17) is 27.9 Å². The van der Waals surface area contributed by atoms with E-state index in [1.54, 1.807) is 51.1 Å². The lowest BCUT2D eigenvalue weighted by molar-refractivity contribution is -0.183. The first-order valence-corrected chi connectivity index (χ1v) is 14.7. The number of sulfone groups is 1. The van der Waals surface area contributed by atoms with Crippen molar-refractivity contribution in [1.82, 2.24) is 4.90 Å². The fourth-order valence-electron chi connectivity index (χ4n) is 4.80. The van der Waals surface area contributed by atoms with Crippen LogP contribution < -0.4 is 0 Å². The lowest BCUT2D eigenvalue weighted by Gasteiger charge is -2.48. The summed E-state index contributed by atoms with van der Waals surface area (Å²) < 4.78 is 47.1. The van der Waals surface area contributed by atoms with Gasteiger partial charge in [0.1, 0.15) is 18.0 Å². The zero-order chi connectivity index (χ0) is 28.0. The molecular formula is C27H30Cl2FNO6S. The topological polar surface area (TPSA) is 101 Å². The number of aliphatic carboxylic acids is 1. The van der Waals surface area contributed by atoms with E-state index in [0.29, 0.717) is 23.4 Å². The fraction of sp³-hybridized carbons (Fsp3) is 0.481. The fourth-order valence-corrected chi connectivity index (χ4v) is 6.49. The van der Waals surface area contributed by atoms with Gasteiger partial charge in [0.25, 0.3) is 5.91 Å². The van der Waals surface area contributed by atoms with Crippen molar-refractivity contribution in [1.29, 1.82) is 0 Å². The molecule has 1 aliphatic carbocycles. The highest BCUT2D eigenvalue weighted by Gasteiger charge is 2.52. The van der Waals surface area contributed by atoms with Gasteiger partial charge in [-0.3, -0.25) is 9.59 Å². The Morgan fingerprint density at radius 2 is 1.79 bits per heavy atom. The van der Waals surface area contributed by atoms with E-state index in [0.717, 1.165) is 0 Å². The second-order valence-electron chi connectivity index (χ2n) is 10.8. The third kappa shape index (κ3) is 5.86. The number of morpholine rings is 1. The van der Waals surface area contributed by atoms with Crippen LogP contribution in [0.2, 0.25) is 10.0 Å². The summed E-state index contributed by atoms with van der Waals surface area (Å²) in [4.78, 5) is 27.1. The molecule has 4 atom stereocenters. The Labute approximate surface area is 231 Å². The number of carboxylic acid groups (broad SMARTS) is 1. The molecule has 4 rings (SSSR count). The van der Waals surface area contributed by atoms with Gasteiger partial charge in [-0.1, -0.05) is 47.5 Å². The van der Waals surface area contributed by atoms with Gasteiger partial charge in [-0.2, -0.15) is 0 Å². The van der Waals surface area contributed by atoms with Crippen molar-refractivity contribution in [2.45, 2.75) is 69.1 Å². The van der Waals surface area contributed by atoms with Crippen molar-refractivity contribution >= 4 is 44.9 Å². The zero-order valence-electron chi connectivity index (χ0n) is 21.2. The maximum absolute atomic E-state index is 15.4. The third-order valence-electron chi connectivity index (χ3n) is 7.13. The van der Waals surface area contributed by atoms with Crippen LogP contribution in [0.1, 0.15) is 63.3 Å². The maximum Gasteiger partial charge on any atom is 0.306 e. The molecule has 1 N–H and O–H groups in total. The van der Waals surface area contributed by atoms with E-state index >= 15 is 4.39 Å². The first kappa shape index (κ1) is 28.8. The van der Waals surface area contributed by atoms with Gasteiger partial charge in [-0.25, -0.2) is 12.8 Å². The van der Waals surface area contributed by atoms with Crippen LogP contribution in [0, 0.1) is 11.7 Å². The predicted molar refractivity (Wildman–Crippen MR) is 142 cm³/mol. The van der Waals surface area contributed by atoms with Crippen molar-refractivity contribution in [2.75, 3.05) is 5.75 Å². The Morgan fingerprint density at radius 3 is 2.34 bits per heavy atom. The summed E-state index contributed by atoms with van der Waals surface area (Å²) in [7, 11) is -3.69. The summed E-state index contributed by atoms with van der Waals surface area (Å²) >= 11 is 12.2. The minimum absolute atomic E-state index is 0.0403. The summed E-state index contributed by atoms with van der Waals surface area (Å²) in [6.07, 6.45) is -1.84. The number of benzene rings is 2. The van der Waals surface area contributed by atoms with Crippen molar-refractivity contribution in [3.63, 3.8) is 0 Å². The molecule has 2 aromatic rings. The summed E-state index contributed by atoms with van der Waals surface area (Å²) in [5.74, 6) is -3.11. The van der Waals surface area contributed by atoms with Gasteiger partial charge in [0.05, 0.1) is 28.0 Å². The Hall–Kier alpha value is -2.20. The van der Waals surface area contributed by atoms with Crippen LogP contribution in [-0.4, -0.2) is 52.9 Å². The highest BCUT2D eigenvalue weighted by molar-refractivity contribution is 7.92. The van der Waals surface area contributed by atoms with E-state index in [-0.39, 0.29) is 22.3 Å². The molecule has 1 heterocycles. The van der Waals surface area contributed by atoms with E-state index in [1.165, 1.54) is 17.0 Å². The highest BCUT2D eigenvalue weighted by atomic mass is 35.5. The lowest BCUT2D eigenvalue weighted by Crippen LogP contribution is -2.58. The van der Waals surface area contributed by atoms with Gasteiger partial charge in [0, 0.05) is 16.6 Å². The van der Waals surface area contributed by atoms with Crippen LogP contribution >= 0.6 is 23.2 Å². The molecule has 0 aromatic heterocycles. The first-order chi connectivity index (χ1) is 17.7. The number of carbonyl (C=O) groups is 2. The molecule has 1 saturated heterocycles. The number of ether oxygens (including phenoxy) is 1. The number of carboxylic acids is 1. The molecule has 206 valence electrons. The summed E-state index contributed by atoms with van der Waals surface area (Å²) in [5, 5.41) is 9.81. The molecule has 2 fully saturated rings. The molecule has 7 nitrogen and oxygen atoms in total. The van der Waals surface area contributed by atoms with Crippen LogP contribution in [0.15, 0.2) is 42.5 Å². The van der Waals surface area contributed by atoms with Gasteiger partial charge in [0.15, 0.2) is 9.84 Å². The second-order valence-corrected chi connectivity index (χ2v) is 14.5. The SMILES string of the molecule is CC(C)(C)S(=O)(=O)CC(C1CC1)N1C(=O)C(CC(=O)O)OC(c2cccc(Cl)c2F)C1c1ccc(Cl)cc1. The van der Waals surface area contributed by atoms with Crippen LogP contribution in [0.3, 0.4) is 0 Å². The minimum atomic E-state index is -3.69. The molecular weight excluding hydrogens is 556 g/mol. The van der Waals surface area contributed by atoms with Gasteiger partial charge in [-0.15, -0.1) is 0 Å². The van der Waals surface area contributed by atoms with Crippen LogP contribution in [0.25, 0.3) is 0 Å². The third-order valence-corrected chi connectivity index (χ3v) is 10.3. The van der Waals surface area contributed by atoms with Crippen molar-refractivity contribution in [2.24, 2.45) is 5.92 Å². The van der Waals surface area contributed by atoms with Crippen LogP contribution in [0.5, 0.6) is 0 Å². The molecule has 1 aliphatic heterocycles. The second kappa shape index (κ2) is 10.8. The number of hydrogen-bond acceptors (Lipinski definition) is 5. The normalized spacial score (nSPS) is 23.4. The minimum Gasteiger partial charge on any atom is -0.481 e. The molecule has 0 spiro atoms. The van der Waals surface area contributed by atoms with E-state index in [2.05, 4.69) is 0 Å². The monoisotopic (exact) mass is 585 g/mol. The van der Waals surface area contributed by atoms with Crippen molar-refractivity contribution in [3.05, 3.63) is 69.5 Å². The molecule has 11 heteroatoms. The Balaban J connectivity index is 1.93. The number of carbonyl (C=O) groups excluding carboxylic acids is 1. The summed E-state index contributed by atoms with van der Waals surface area (Å²) in [6, 6.07) is 9.24. The molecule has 4 unspecified atom stereocenters. The van der Waals surface area contributed by atoms with E-state index in [9.17, 15) is 23.1 Å². The average molecular weight is 587 g/mol. The number of amides is 1. The molecule has 1 saturated carbocycles. The molecule has 1 amide bonds. The predicted octanol–water partition coefficient (Wildman–Crippen LogP) is 5.61. The highest BCUT2D eigenvalue weighted by Crippen LogP contribution is 2.49. The molecule has 0 bridgehead atoms. The summed E-state index contributed by atoms with van der Waals surface area (Å²) in [6.45, 7) is 4.80. The zero-order valence-corrected chi connectivity index (χ0v) is 23.6. The van der Waals surface area contributed by atoms with E-state index in [1.807, 2.05) is 0 Å². The van der Waals surface area contributed by atoms with Gasteiger partial charge < -0.3 is 14.7 Å². The molecule has 2 aromatic carbocycles. The molecule has 38 heavy (non-hydrogen) atoms. The molecule has 0 radical (unpaired) electrons. The van der Waals surface area contributed by atoms with Gasteiger partial charge in [-0.05, 0) is 63.3 Å². The van der Waals surface area contributed by atoms with Crippen molar-refractivity contribution in [3.8, 4) is 0 Å². The lowest BCUT2D eigenvalue weighted by atomic mass is 9.89. The number of nitrogens with zero attached hydrogens (tertiary/aromatic N) is 1. The van der Waals surface area contributed by atoms with Gasteiger partial charge in [0.2, 0.25) is 0 Å². The number of halogens is 3. The number of hydrogen-bond donors (Lipinski definition) is 1. The smallest absolute Gasteiger partial charge is 0.306 e. The first-order valence-electron chi connectivity index (χ1n) is 12.3. The summed E-state index contributed by atoms with van der Waals surface area (Å²) in [5.41, 5.74) is 0.582. The number of rotatable bonds is 8. The quantitative estimate of drug-likeness (QED) is 0.432. The Bertz CT molecular complexity index is 1320. The van der Waals surface area contributed by atoms with Crippen LogP contribution in [0.4, 0.5) is 4.39 Å². The average Bonchev–Trinajstić information content (AvgIpc) is 3.66. The Kier molecular flexibility index (Phi) is 8.15. The maximum atomic E-state index is 15.4. The van der Waals surface area contributed by atoms with Gasteiger partial charge >= 0.3 is 5.97 Å². The van der Waals surface area contributed by atoms with E-state index < -0.39 is 63.0 Å².